The summed E-state index contributed by atoms with van der Waals surface area (Å²) >= 11 is 1.44. The number of nitrogens with one attached hydrogen (secondary N) is 3. The Morgan fingerprint density at radius 1 is 1.03 bits per heavy atom. The predicted molar refractivity (Wildman–Crippen MR) is 112 cm³/mol. The average molecular weight is 409 g/mol. The smallest absolute Gasteiger partial charge is 0.262 e. The van der Waals surface area contributed by atoms with Crippen LogP contribution < -0.4 is 16.0 Å². The monoisotopic (exact) mass is 409 g/mol. The van der Waals surface area contributed by atoms with E-state index in [1.807, 2.05) is 0 Å². The first-order valence-corrected chi connectivity index (χ1v) is 10.5. The summed E-state index contributed by atoms with van der Waals surface area (Å²) in [5, 5.41) is 10.3. The van der Waals surface area contributed by atoms with Crippen LogP contribution in [0.5, 0.6) is 0 Å². The standard InChI is InChI=1S/C21H20FN5OS/c22-14-6-2-3-7-15(14)25-16-11-17(24-12-23-16)26-18-10-13-19(29-18)20(28)27-21(13)8-4-1-5-9-21/h2-3,6-7,10-12H,1,4-5,8-9H2,(H,27,28)(H2,23,24,25,26). The zero-order valence-electron chi connectivity index (χ0n) is 15.7. The van der Waals surface area contributed by atoms with E-state index in [2.05, 4.69) is 32.0 Å². The maximum absolute atomic E-state index is 13.9. The van der Waals surface area contributed by atoms with Gasteiger partial charge in [-0.15, -0.1) is 11.3 Å². The van der Waals surface area contributed by atoms with E-state index in [9.17, 15) is 9.18 Å². The first-order chi connectivity index (χ1) is 14.1. The van der Waals surface area contributed by atoms with Crippen molar-refractivity contribution >= 4 is 39.6 Å². The van der Waals surface area contributed by atoms with Crippen molar-refractivity contribution < 1.29 is 9.18 Å². The molecule has 6 nitrogen and oxygen atoms in total. The van der Waals surface area contributed by atoms with Gasteiger partial charge in [-0.05, 0) is 31.0 Å². The van der Waals surface area contributed by atoms with E-state index in [0.29, 0.717) is 17.3 Å². The first-order valence-electron chi connectivity index (χ1n) is 9.70. The predicted octanol–water partition coefficient (Wildman–Crippen LogP) is 5.07. The number of carbonyl (C=O) groups is 1. The summed E-state index contributed by atoms with van der Waals surface area (Å²) in [7, 11) is 0. The number of carbonyl (C=O) groups excluding carboxylic acids is 1. The zero-order valence-corrected chi connectivity index (χ0v) is 16.5. The highest BCUT2D eigenvalue weighted by molar-refractivity contribution is 7.18. The molecule has 0 bridgehead atoms. The molecule has 1 aliphatic heterocycles. The lowest BCUT2D eigenvalue weighted by Crippen LogP contribution is -2.40. The Balaban J connectivity index is 1.38. The van der Waals surface area contributed by atoms with Crippen LogP contribution in [0.15, 0.2) is 42.7 Å². The summed E-state index contributed by atoms with van der Waals surface area (Å²) in [6.07, 6.45) is 6.89. The number of nitrogens with zero attached hydrogens (tertiary/aromatic N) is 2. The molecule has 3 aromatic rings. The van der Waals surface area contributed by atoms with E-state index >= 15 is 0 Å². The van der Waals surface area contributed by atoms with Crippen LogP contribution in [0.1, 0.15) is 47.3 Å². The normalized spacial score (nSPS) is 17.1. The van der Waals surface area contributed by atoms with Crippen molar-refractivity contribution in [3.63, 3.8) is 0 Å². The maximum atomic E-state index is 13.9. The number of para-hydroxylation sites is 1. The summed E-state index contributed by atoms with van der Waals surface area (Å²) in [6, 6.07) is 10.2. The van der Waals surface area contributed by atoms with Crippen LogP contribution in [-0.4, -0.2) is 15.9 Å². The maximum Gasteiger partial charge on any atom is 0.262 e. The van der Waals surface area contributed by atoms with Gasteiger partial charge in [0.05, 0.1) is 21.1 Å². The Kier molecular flexibility index (Phi) is 4.43. The molecule has 5 rings (SSSR count). The molecule has 2 aromatic heterocycles. The third kappa shape index (κ3) is 3.33. The van der Waals surface area contributed by atoms with Crippen LogP contribution in [-0.2, 0) is 5.54 Å². The Morgan fingerprint density at radius 3 is 2.59 bits per heavy atom. The van der Waals surface area contributed by atoms with E-state index < -0.39 is 0 Å². The van der Waals surface area contributed by atoms with Gasteiger partial charge >= 0.3 is 0 Å². The Morgan fingerprint density at radius 2 is 1.79 bits per heavy atom. The molecule has 0 unspecified atom stereocenters. The van der Waals surface area contributed by atoms with E-state index in [-0.39, 0.29) is 17.3 Å². The van der Waals surface area contributed by atoms with Gasteiger partial charge in [-0.2, -0.15) is 0 Å². The number of hydrogen-bond donors (Lipinski definition) is 3. The summed E-state index contributed by atoms with van der Waals surface area (Å²) in [5.74, 6) is 0.735. The van der Waals surface area contributed by atoms with Crippen molar-refractivity contribution in [3.05, 3.63) is 59.0 Å². The van der Waals surface area contributed by atoms with Gasteiger partial charge in [-0.1, -0.05) is 31.4 Å². The van der Waals surface area contributed by atoms with Crippen LogP contribution in [0.25, 0.3) is 0 Å². The molecule has 0 saturated heterocycles. The van der Waals surface area contributed by atoms with Gasteiger partial charge in [0.1, 0.15) is 23.8 Å². The number of fused-ring (bicyclic) bond motifs is 2. The molecule has 1 aliphatic carbocycles. The van der Waals surface area contributed by atoms with Crippen LogP contribution in [0, 0.1) is 5.82 Å². The number of amides is 1. The zero-order chi connectivity index (χ0) is 19.8. The number of aromatic nitrogens is 2. The van der Waals surface area contributed by atoms with E-state index in [1.54, 1.807) is 24.3 Å². The molecule has 0 atom stereocenters. The van der Waals surface area contributed by atoms with Gasteiger partial charge in [0.2, 0.25) is 0 Å². The minimum Gasteiger partial charge on any atom is -0.342 e. The van der Waals surface area contributed by atoms with E-state index in [0.717, 1.165) is 41.1 Å². The van der Waals surface area contributed by atoms with Crippen LogP contribution in [0.2, 0.25) is 0 Å². The highest BCUT2D eigenvalue weighted by Crippen LogP contribution is 2.47. The lowest BCUT2D eigenvalue weighted by molar-refractivity contribution is 0.0912. The Hall–Kier alpha value is -3.00. The summed E-state index contributed by atoms with van der Waals surface area (Å²) in [5.41, 5.74) is 1.25. The van der Waals surface area contributed by atoms with Gasteiger partial charge in [-0.3, -0.25) is 4.79 Å². The molecule has 0 radical (unpaired) electrons. The Labute approximate surface area is 171 Å². The SMILES string of the molecule is O=C1NC2(CCCCC2)c2cc(Nc3cc(Nc4ccccc4F)ncn3)sc21. The summed E-state index contributed by atoms with van der Waals surface area (Å²) in [4.78, 5) is 21.7. The van der Waals surface area contributed by atoms with E-state index in [1.165, 1.54) is 30.2 Å². The third-order valence-corrected chi connectivity index (χ3v) is 6.62. The first kappa shape index (κ1) is 18.1. The number of thiophene rings is 1. The fourth-order valence-corrected chi connectivity index (χ4v) is 5.25. The second-order valence-electron chi connectivity index (χ2n) is 7.47. The average Bonchev–Trinajstić information content (AvgIpc) is 3.24. The van der Waals surface area contributed by atoms with Crippen molar-refractivity contribution in [2.24, 2.45) is 0 Å². The molecule has 1 aromatic carbocycles. The molecule has 1 fully saturated rings. The lowest BCUT2D eigenvalue weighted by atomic mass is 9.78. The largest absolute Gasteiger partial charge is 0.342 e. The second kappa shape index (κ2) is 7.11. The minimum atomic E-state index is -0.348. The van der Waals surface area contributed by atoms with Crippen LogP contribution in [0.3, 0.4) is 0 Å². The van der Waals surface area contributed by atoms with E-state index in [4.69, 9.17) is 0 Å². The van der Waals surface area contributed by atoms with Gasteiger partial charge < -0.3 is 16.0 Å². The fraction of sp³-hybridized carbons (Fsp3) is 0.286. The lowest BCUT2D eigenvalue weighted by Gasteiger charge is -2.33. The molecule has 3 heterocycles. The molecule has 8 heteroatoms. The van der Waals surface area contributed by atoms with Crippen molar-refractivity contribution in [1.29, 1.82) is 0 Å². The second-order valence-corrected chi connectivity index (χ2v) is 8.52. The Bertz CT molecular complexity index is 1080. The van der Waals surface area contributed by atoms with Gasteiger partial charge in [0.25, 0.3) is 5.91 Å². The number of anilines is 4. The molecule has 148 valence electrons. The number of rotatable bonds is 4. The summed E-state index contributed by atoms with van der Waals surface area (Å²) in [6.45, 7) is 0. The summed E-state index contributed by atoms with van der Waals surface area (Å²) < 4.78 is 13.9. The molecule has 3 N–H and O–H groups in total. The van der Waals surface area contributed by atoms with Crippen LogP contribution in [0.4, 0.5) is 26.7 Å². The molecule has 2 aliphatic rings. The highest BCUT2D eigenvalue weighted by atomic mass is 32.1. The topological polar surface area (TPSA) is 78.9 Å². The molecular weight excluding hydrogens is 389 g/mol. The van der Waals surface area contributed by atoms with Crippen molar-refractivity contribution in [1.82, 2.24) is 15.3 Å². The number of halogens is 1. The quantitative estimate of drug-likeness (QED) is 0.561. The van der Waals surface area contributed by atoms with Crippen molar-refractivity contribution in [2.75, 3.05) is 10.6 Å². The minimum absolute atomic E-state index is 0.0181. The number of benzene rings is 1. The van der Waals surface area contributed by atoms with Gasteiger partial charge in [0.15, 0.2) is 0 Å². The molecule has 1 saturated carbocycles. The van der Waals surface area contributed by atoms with Gasteiger partial charge in [-0.25, -0.2) is 14.4 Å². The third-order valence-electron chi connectivity index (χ3n) is 5.57. The molecule has 1 spiro atoms. The molecule has 29 heavy (non-hydrogen) atoms. The number of hydrogen-bond acceptors (Lipinski definition) is 6. The van der Waals surface area contributed by atoms with Crippen molar-refractivity contribution in [2.45, 2.75) is 37.6 Å². The van der Waals surface area contributed by atoms with Crippen LogP contribution >= 0.6 is 11.3 Å². The fourth-order valence-electron chi connectivity index (χ4n) is 4.19. The highest BCUT2D eigenvalue weighted by Gasteiger charge is 2.44. The van der Waals surface area contributed by atoms with Crippen molar-refractivity contribution in [3.8, 4) is 0 Å². The van der Waals surface area contributed by atoms with Gasteiger partial charge in [0, 0.05) is 11.6 Å². The molecule has 1 amide bonds. The molecular formula is C21H20FN5OS.